The number of ether oxygens (including phenoxy) is 1. The fraction of sp³-hybridized carbons (Fsp3) is 0.500. The number of hydrogen-bond donors (Lipinski definition) is 1. The molecule has 0 aliphatic rings. The van der Waals surface area contributed by atoms with Crippen molar-refractivity contribution in [1.82, 2.24) is 5.32 Å². The number of hydrogen-bond acceptors (Lipinski definition) is 2. The molecule has 16 heavy (non-hydrogen) atoms. The van der Waals surface area contributed by atoms with Crippen molar-refractivity contribution in [3.05, 3.63) is 29.8 Å². The molecule has 2 nitrogen and oxygen atoms in total. The van der Waals surface area contributed by atoms with E-state index in [1.807, 2.05) is 0 Å². The van der Waals surface area contributed by atoms with Crippen LogP contribution in [0.4, 0.5) is 8.78 Å². The van der Waals surface area contributed by atoms with Gasteiger partial charge in [-0.25, -0.2) is 0 Å². The third-order valence-electron chi connectivity index (χ3n) is 2.11. The summed E-state index contributed by atoms with van der Waals surface area (Å²) in [6.45, 7) is 2.29. The molecule has 0 heterocycles. The van der Waals surface area contributed by atoms with Crippen molar-refractivity contribution in [1.29, 1.82) is 0 Å². The zero-order valence-electron chi connectivity index (χ0n) is 9.54. The van der Waals surface area contributed by atoms with Crippen molar-refractivity contribution in [2.24, 2.45) is 0 Å². The van der Waals surface area contributed by atoms with Gasteiger partial charge in [0.1, 0.15) is 5.75 Å². The van der Waals surface area contributed by atoms with Gasteiger partial charge in [0.25, 0.3) is 0 Å². The van der Waals surface area contributed by atoms with Gasteiger partial charge in [0, 0.05) is 6.04 Å². The molecule has 0 aliphatic heterocycles. The van der Waals surface area contributed by atoms with Crippen molar-refractivity contribution in [2.75, 3.05) is 6.54 Å². The monoisotopic (exact) mass is 229 g/mol. The van der Waals surface area contributed by atoms with E-state index in [2.05, 4.69) is 23.9 Å². The summed E-state index contributed by atoms with van der Waals surface area (Å²) in [5, 5.41) is 3.29. The normalized spacial score (nSPS) is 11.1. The molecule has 0 radical (unpaired) electrons. The quantitative estimate of drug-likeness (QED) is 0.809. The minimum Gasteiger partial charge on any atom is -0.435 e. The fourth-order valence-corrected chi connectivity index (χ4v) is 1.34. The first-order chi connectivity index (χ1) is 7.58. The summed E-state index contributed by atoms with van der Waals surface area (Å²) in [6, 6.07) is 7.20. The number of halogens is 2. The van der Waals surface area contributed by atoms with E-state index in [4.69, 9.17) is 0 Å². The van der Waals surface area contributed by atoms with Gasteiger partial charge in [0.2, 0.25) is 0 Å². The van der Waals surface area contributed by atoms with E-state index in [9.17, 15) is 8.78 Å². The van der Waals surface area contributed by atoms with Gasteiger partial charge in [-0.1, -0.05) is 26.0 Å². The molecule has 0 unspecified atom stereocenters. The standard InChI is InChI=1S/C12H17F2NO/c1-9(2)15-8-7-10-3-5-11(6-4-10)16-12(13)14/h3-6,9,12,15H,7-8H2,1-2H3. The number of nitrogens with one attached hydrogen (secondary N) is 1. The van der Waals surface area contributed by atoms with E-state index in [1.165, 1.54) is 0 Å². The summed E-state index contributed by atoms with van der Waals surface area (Å²) in [6.07, 6.45) is 0.882. The minimum atomic E-state index is -2.76. The lowest BCUT2D eigenvalue weighted by atomic mass is 10.1. The van der Waals surface area contributed by atoms with E-state index in [1.54, 1.807) is 24.3 Å². The molecule has 1 aromatic rings. The molecular weight excluding hydrogens is 212 g/mol. The van der Waals surface area contributed by atoms with Crippen molar-refractivity contribution in [3.63, 3.8) is 0 Å². The van der Waals surface area contributed by atoms with Gasteiger partial charge in [-0.05, 0) is 30.7 Å². The van der Waals surface area contributed by atoms with Gasteiger partial charge in [-0.3, -0.25) is 0 Å². The molecule has 0 bridgehead atoms. The second-order valence-electron chi connectivity index (χ2n) is 3.88. The van der Waals surface area contributed by atoms with Gasteiger partial charge >= 0.3 is 6.61 Å². The van der Waals surface area contributed by atoms with Crippen LogP contribution in [0.5, 0.6) is 5.75 Å². The van der Waals surface area contributed by atoms with E-state index in [0.29, 0.717) is 6.04 Å². The van der Waals surface area contributed by atoms with Gasteiger partial charge in [0.15, 0.2) is 0 Å². The molecule has 90 valence electrons. The van der Waals surface area contributed by atoms with Crippen LogP contribution in [0.15, 0.2) is 24.3 Å². The Kier molecular flexibility index (Phi) is 5.19. The summed E-state index contributed by atoms with van der Waals surface area (Å²) < 4.78 is 28.0. The van der Waals surface area contributed by atoms with Gasteiger partial charge in [-0.2, -0.15) is 8.78 Å². The predicted molar refractivity (Wildman–Crippen MR) is 59.9 cm³/mol. The Bertz CT molecular complexity index is 298. The van der Waals surface area contributed by atoms with E-state index < -0.39 is 6.61 Å². The maximum absolute atomic E-state index is 11.9. The zero-order valence-corrected chi connectivity index (χ0v) is 9.54. The first-order valence-corrected chi connectivity index (χ1v) is 5.35. The Morgan fingerprint density at radius 1 is 1.19 bits per heavy atom. The first-order valence-electron chi connectivity index (χ1n) is 5.35. The summed E-state index contributed by atoms with van der Waals surface area (Å²) in [7, 11) is 0. The van der Waals surface area contributed by atoms with Gasteiger partial charge in [0.05, 0.1) is 0 Å². The third kappa shape index (κ3) is 5.07. The molecule has 0 aliphatic carbocycles. The van der Waals surface area contributed by atoms with Crippen LogP contribution in [0.3, 0.4) is 0 Å². The van der Waals surface area contributed by atoms with Crippen LogP contribution in [0.2, 0.25) is 0 Å². The second kappa shape index (κ2) is 6.43. The van der Waals surface area contributed by atoms with Crippen LogP contribution in [0, 0.1) is 0 Å². The van der Waals surface area contributed by atoms with E-state index in [-0.39, 0.29) is 5.75 Å². The number of benzene rings is 1. The second-order valence-corrected chi connectivity index (χ2v) is 3.88. The molecule has 1 N–H and O–H groups in total. The highest BCUT2D eigenvalue weighted by Crippen LogP contribution is 2.14. The maximum atomic E-state index is 11.9. The lowest BCUT2D eigenvalue weighted by molar-refractivity contribution is -0.0498. The Morgan fingerprint density at radius 2 is 1.81 bits per heavy atom. The van der Waals surface area contributed by atoms with Crippen molar-refractivity contribution in [2.45, 2.75) is 32.9 Å². The Balaban J connectivity index is 2.39. The summed E-state index contributed by atoms with van der Waals surface area (Å²) in [5.41, 5.74) is 1.11. The van der Waals surface area contributed by atoms with E-state index >= 15 is 0 Å². The topological polar surface area (TPSA) is 21.3 Å². The average Bonchev–Trinajstić information content (AvgIpc) is 2.19. The lowest BCUT2D eigenvalue weighted by Gasteiger charge is -2.08. The fourth-order valence-electron chi connectivity index (χ4n) is 1.34. The van der Waals surface area contributed by atoms with Crippen molar-refractivity contribution in [3.8, 4) is 5.75 Å². The molecule has 0 saturated heterocycles. The van der Waals surface area contributed by atoms with E-state index in [0.717, 1.165) is 18.5 Å². The van der Waals surface area contributed by atoms with Crippen LogP contribution in [-0.4, -0.2) is 19.2 Å². The molecule has 1 rings (SSSR count). The molecule has 0 saturated carbocycles. The average molecular weight is 229 g/mol. The third-order valence-corrected chi connectivity index (χ3v) is 2.11. The van der Waals surface area contributed by atoms with Crippen molar-refractivity contribution < 1.29 is 13.5 Å². The SMILES string of the molecule is CC(C)NCCc1ccc(OC(F)F)cc1. The number of rotatable bonds is 6. The predicted octanol–water partition coefficient (Wildman–Crippen LogP) is 2.83. The summed E-state index contributed by atoms with van der Waals surface area (Å²) in [5.74, 6) is 0.204. The molecule has 0 atom stereocenters. The van der Waals surface area contributed by atoms with Crippen LogP contribution in [-0.2, 0) is 6.42 Å². The first kappa shape index (κ1) is 12.9. The molecule has 0 aromatic heterocycles. The zero-order chi connectivity index (χ0) is 12.0. The number of alkyl halides is 2. The molecular formula is C12H17F2NO. The Hall–Kier alpha value is -1.16. The highest BCUT2D eigenvalue weighted by molar-refractivity contribution is 5.27. The summed E-state index contributed by atoms with van der Waals surface area (Å²) in [4.78, 5) is 0. The molecule has 4 heteroatoms. The Morgan fingerprint density at radius 3 is 2.31 bits per heavy atom. The highest BCUT2D eigenvalue weighted by Gasteiger charge is 2.03. The summed E-state index contributed by atoms with van der Waals surface area (Å²) >= 11 is 0. The molecule has 0 fully saturated rings. The largest absolute Gasteiger partial charge is 0.435 e. The van der Waals surface area contributed by atoms with Gasteiger partial charge < -0.3 is 10.1 Å². The highest BCUT2D eigenvalue weighted by atomic mass is 19.3. The van der Waals surface area contributed by atoms with Crippen LogP contribution < -0.4 is 10.1 Å². The van der Waals surface area contributed by atoms with Crippen LogP contribution >= 0.6 is 0 Å². The smallest absolute Gasteiger partial charge is 0.387 e. The van der Waals surface area contributed by atoms with Crippen LogP contribution in [0.25, 0.3) is 0 Å². The molecule has 0 spiro atoms. The van der Waals surface area contributed by atoms with Gasteiger partial charge in [-0.15, -0.1) is 0 Å². The maximum Gasteiger partial charge on any atom is 0.387 e. The minimum absolute atomic E-state index is 0.204. The van der Waals surface area contributed by atoms with Crippen molar-refractivity contribution >= 4 is 0 Å². The molecule has 0 amide bonds. The Labute approximate surface area is 94.6 Å². The molecule has 1 aromatic carbocycles. The van der Waals surface area contributed by atoms with Crippen LogP contribution in [0.1, 0.15) is 19.4 Å². The lowest BCUT2D eigenvalue weighted by Crippen LogP contribution is -2.24.